The molecule has 0 aromatic heterocycles. The summed E-state index contributed by atoms with van der Waals surface area (Å²) in [6.07, 6.45) is 27.4. The van der Waals surface area contributed by atoms with Crippen LogP contribution in [0, 0.1) is 77.0 Å². The second-order valence-corrected chi connectivity index (χ2v) is 25.7. The maximum atomic E-state index is 12.7. The number of aromatic hydroxyl groups is 1. The van der Waals surface area contributed by atoms with E-state index in [2.05, 4.69) is 83.1 Å². The molecule has 0 spiro atoms. The lowest BCUT2D eigenvalue weighted by atomic mass is 9.83. The quantitative estimate of drug-likeness (QED) is 0.0416. The monoisotopic (exact) mass is 1060 g/mol. The predicted octanol–water partition coefficient (Wildman–Crippen LogP) is 17.9. The van der Waals surface area contributed by atoms with Crippen molar-refractivity contribution >= 4 is 11.9 Å². The van der Waals surface area contributed by atoms with E-state index in [0.29, 0.717) is 31.3 Å². The number of benzene rings is 2. The van der Waals surface area contributed by atoms with Crippen LogP contribution in [0.15, 0.2) is 0 Å². The van der Waals surface area contributed by atoms with Crippen molar-refractivity contribution < 1.29 is 43.1 Å². The smallest absolute Gasteiger partial charge is 0.311 e. The molecule has 1 N–H and O–H groups in total. The van der Waals surface area contributed by atoms with Gasteiger partial charge in [0.1, 0.15) is 40.8 Å². The number of methoxy groups -OCH3 is 1. The van der Waals surface area contributed by atoms with Crippen LogP contribution in [0.3, 0.4) is 0 Å². The molecule has 0 bridgehead atoms. The first kappa shape index (κ1) is 67.0. The number of rotatable bonds is 34. The summed E-state index contributed by atoms with van der Waals surface area (Å²) in [6, 6.07) is 0. The first-order valence-electron chi connectivity index (χ1n) is 30.7. The number of hydrogen-bond donors (Lipinski definition) is 1. The van der Waals surface area contributed by atoms with Gasteiger partial charge in [0.05, 0.1) is 32.7 Å². The van der Waals surface area contributed by atoms with Gasteiger partial charge < -0.3 is 33.5 Å². The standard InChI is InChI=1S/C38H64O7.C29H50O2/c1-27(2)13-10-14-28(3)15-11-16-29(4)17-12-21-38(8)22-20-33-32(7)36(30(5)31(6)37(33)45-38)44-35(40)19-18-34(39)43-26-25-42-24-23-41-9;1-20(2)12-9-13-21(3)14-10-15-22(4)16-11-18-29(8)19-17-26-25(7)27(30)23(5)24(6)28(26)31-29/h27-29H,10-26H2,1-9H3;20-22,30H,9-19H2,1-8H3. The fraction of sp³-hybridized carbons (Fsp3) is 0.791. The van der Waals surface area contributed by atoms with Crippen LogP contribution in [0.4, 0.5) is 0 Å². The second-order valence-electron chi connectivity index (χ2n) is 25.7. The summed E-state index contributed by atoms with van der Waals surface area (Å²) < 4.78 is 34.5. The molecule has 2 aliphatic rings. The topological polar surface area (TPSA) is 110 Å². The molecule has 0 radical (unpaired) electrons. The maximum absolute atomic E-state index is 12.7. The highest BCUT2D eigenvalue weighted by Crippen LogP contribution is 2.46. The van der Waals surface area contributed by atoms with Crippen LogP contribution < -0.4 is 14.2 Å². The van der Waals surface area contributed by atoms with E-state index in [4.69, 9.17) is 28.4 Å². The van der Waals surface area contributed by atoms with Crippen molar-refractivity contribution in [2.45, 2.75) is 276 Å². The van der Waals surface area contributed by atoms with E-state index >= 15 is 0 Å². The lowest BCUT2D eigenvalue weighted by Gasteiger charge is -2.38. The number of carbonyl (C=O) groups is 2. The van der Waals surface area contributed by atoms with Gasteiger partial charge in [-0.1, -0.05) is 145 Å². The molecule has 2 aliphatic heterocycles. The Morgan fingerprint density at radius 1 is 0.500 bits per heavy atom. The van der Waals surface area contributed by atoms with Gasteiger partial charge in [-0.15, -0.1) is 0 Å². The molecule has 76 heavy (non-hydrogen) atoms. The van der Waals surface area contributed by atoms with Crippen molar-refractivity contribution in [3.05, 3.63) is 44.5 Å². The third-order valence-corrected chi connectivity index (χ3v) is 17.4. The van der Waals surface area contributed by atoms with Gasteiger partial charge in [0.25, 0.3) is 0 Å². The Balaban J connectivity index is 0.000000428. The maximum Gasteiger partial charge on any atom is 0.311 e. The van der Waals surface area contributed by atoms with Gasteiger partial charge in [-0.3, -0.25) is 9.59 Å². The fourth-order valence-electron chi connectivity index (χ4n) is 11.6. The zero-order chi connectivity index (χ0) is 56.6. The number of phenolic OH excluding ortho intramolecular Hbond substituents is 1. The molecular weight excluding hydrogens is 949 g/mol. The van der Waals surface area contributed by atoms with E-state index < -0.39 is 11.9 Å². The highest BCUT2D eigenvalue weighted by molar-refractivity contribution is 5.80. The summed E-state index contributed by atoms with van der Waals surface area (Å²) in [5, 5.41) is 10.4. The highest BCUT2D eigenvalue weighted by Gasteiger charge is 2.36. The van der Waals surface area contributed by atoms with Gasteiger partial charge in [-0.2, -0.15) is 0 Å². The minimum absolute atomic E-state index is 0.0312. The molecule has 6 atom stereocenters. The molecule has 0 saturated carbocycles. The van der Waals surface area contributed by atoms with E-state index in [0.717, 1.165) is 124 Å². The fourth-order valence-corrected chi connectivity index (χ4v) is 11.6. The zero-order valence-electron chi connectivity index (χ0n) is 52.0. The van der Waals surface area contributed by atoms with Crippen LogP contribution in [0.5, 0.6) is 23.0 Å². The first-order chi connectivity index (χ1) is 35.9. The van der Waals surface area contributed by atoms with Crippen molar-refractivity contribution in [1.82, 2.24) is 0 Å². The highest BCUT2D eigenvalue weighted by atomic mass is 16.6. The predicted molar refractivity (Wildman–Crippen MR) is 316 cm³/mol. The van der Waals surface area contributed by atoms with Gasteiger partial charge in [0, 0.05) is 18.2 Å². The third-order valence-electron chi connectivity index (χ3n) is 17.4. The van der Waals surface area contributed by atoms with E-state index in [9.17, 15) is 14.7 Å². The second kappa shape index (κ2) is 34.0. The van der Waals surface area contributed by atoms with Crippen LogP contribution in [-0.4, -0.2) is 61.8 Å². The minimum atomic E-state index is -0.443. The molecule has 0 saturated heterocycles. The molecule has 9 nitrogen and oxygen atoms in total. The minimum Gasteiger partial charge on any atom is -0.507 e. The van der Waals surface area contributed by atoms with Gasteiger partial charge in [-0.05, 0) is 176 Å². The SMILES string of the molecule is COCCOCCOC(=O)CCC(=O)Oc1c(C)c(C)c2c(c1C)CCC(C)(CCCC(C)CCCC(C)CCCC(C)C)O2.Cc1c(C)c2c(c(C)c1O)CCC(C)(CCCC(C)CCCC(C)CCCC(C)C)O2. The van der Waals surface area contributed by atoms with Crippen molar-refractivity contribution in [1.29, 1.82) is 0 Å². The van der Waals surface area contributed by atoms with Crippen LogP contribution >= 0.6 is 0 Å². The lowest BCUT2D eigenvalue weighted by molar-refractivity contribution is -0.148. The summed E-state index contributed by atoms with van der Waals surface area (Å²) >= 11 is 0. The molecule has 4 rings (SSSR count). The number of ether oxygens (including phenoxy) is 6. The van der Waals surface area contributed by atoms with Crippen molar-refractivity contribution in [2.75, 3.05) is 33.5 Å². The molecular formula is C67H114O9. The Bertz CT molecular complexity index is 2040. The molecule has 9 heteroatoms. The van der Waals surface area contributed by atoms with Crippen molar-refractivity contribution in [3.63, 3.8) is 0 Å². The van der Waals surface area contributed by atoms with E-state index in [-0.39, 0.29) is 30.7 Å². The van der Waals surface area contributed by atoms with E-state index in [1.165, 1.54) is 108 Å². The summed E-state index contributed by atoms with van der Waals surface area (Å²) in [5.74, 6) is 7.10. The number of carbonyl (C=O) groups excluding carboxylic acids is 2. The third kappa shape index (κ3) is 23.2. The zero-order valence-corrected chi connectivity index (χ0v) is 52.0. The van der Waals surface area contributed by atoms with Gasteiger partial charge in [0.15, 0.2) is 0 Å². The largest absolute Gasteiger partial charge is 0.507 e. The summed E-state index contributed by atoms with van der Waals surface area (Å²) in [4.78, 5) is 24.7. The number of phenols is 1. The van der Waals surface area contributed by atoms with Gasteiger partial charge in [0.2, 0.25) is 0 Å². The van der Waals surface area contributed by atoms with Crippen molar-refractivity contribution in [3.8, 4) is 23.0 Å². The molecule has 0 aliphatic carbocycles. The lowest BCUT2D eigenvalue weighted by Crippen LogP contribution is -2.37. The number of hydrogen-bond acceptors (Lipinski definition) is 9. The van der Waals surface area contributed by atoms with Crippen molar-refractivity contribution in [2.24, 2.45) is 35.5 Å². The van der Waals surface area contributed by atoms with Crippen LogP contribution in [0.25, 0.3) is 0 Å². The molecule has 0 amide bonds. The van der Waals surface area contributed by atoms with Gasteiger partial charge in [-0.25, -0.2) is 0 Å². The molecule has 436 valence electrons. The molecule has 6 unspecified atom stereocenters. The summed E-state index contributed by atoms with van der Waals surface area (Å²) in [6.45, 7) is 37.1. The van der Waals surface area contributed by atoms with Crippen LogP contribution in [-0.2, 0) is 36.6 Å². The van der Waals surface area contributed by atoms with Gasteiger partial charge >= 0.3 is 11.9 Å². The van der Waals surface area contributed by atoms with E-state index in [1.807, 2.05) is 27.7 Å². The Kier molecular flexibility index (Phi) is 29.9. The Morgan fingerprint density at radius 2 is 0.895 bits per heavy atom. The molecule has 0 fully saturated rings. The average molecular weight is 1060 g/mol. The summed E-state index contributed by atoms with van der Waals surface area (Å²) in [5.41, 5.74) is 8.05. The summed E-state index contributed by atoms with van der Waals surface area (Å²) in [7, 11) is 1.60. The number of fused-ring (bicyclic) bond motifs is 2. The molecule has 2 heterocycles. The Morgan fingerprint density at radius 3 is 1.34 bits per heavy atom. The number of esters is 2. The average Bonchev–Trinajstić information content (AvgIpc) is 3.36. The molecule has 2 aromatic rings. The van der Waals surface area contributed by atoms with Crippen LogP contribution in [0.2, 0.25) is 0 Å². The van der Waals surface area contributed by atoms with E-state index in [1.54, 1.807) is 7.11 Å². The Labute approximate surface area is 465 Å². The van der Waals surface area contributed by atoms with Crippen LogP contribution in [0.1, 0.15) is 255 Å². The normalized spacial score (nSPS) is 18.7. The Hall–Kier alpha value is -3.30. The first-order valence-corrected chi connectivity index (χ1v) is 30.7. The molecule has 2 aromatic carbocycles.